The Hall–Kier alpha value is -7.41. The Labute approximate surface area is 300 Å². The number of benzene rings is 6. The van der Waals surface area contributed by atoms with Crippen molar-refractivity contribution >= 4 is 33.1 Å². The number of rotatable bonds is 6. The van der Waals surface area contributed by atoms with Gasteiger partial charge in [-0.25, -0.2) is 15.0 Å². The normalized spacial score (nSPS) is 12.3. The van der Waals surface area contributed by atoms with E-state index < -0.39 is 0 Å². The minimum Gasteiger partial charge on any atom is -0.309 e. The molecule has 0 amide bonds. The van der Waals surface area contributed by atoms with Crippen LogP contribution in [0.5, 0.6) is 0 Å². The van der Waals surface area contributed by atoms with Crippen LogP contribution in [0, 0.1) is 22.7 Å². The molecule has 0 N–H and O–H groups in total. The van der Waals surface area contributed by atoms with E-state index in [9.17, 15) is 10.5 Å². The summed E-state index contributed by atoms with van der Waals surface area (Å²) in [6.45, 7) is 0. The molecule has 2 heterocycles. The number of nitriles is 2. The van der Waals surface area contributed by atoms with Crippen LogP contribution in [-0.4, -0.2) is 19.5 Å². The molecule has 0 radical (unpaired) electrons. The molecule has 0 saturated carbocycles. The molecule has 0 saturated heterocycles. The van der Waals surface area contributed by atoms with Crippen LogP contribution < -0.4 is 0 Å². The topological polar surface area (TPSA) is 91.2 Å². The molecule has 9 rings (SSSR count). The van der Waals surface area contributed by atoms with Gasteiger partial charge in [0.25, 0.3) is 0 Å². The van der Waals surface area contributed by atoms with Crippen LogP contribution in [0.15, 0.2) is 158 Å². The van der Waals surface area contributed by atoms with E-state index in [0.717, 1.165) is 72.9 Å². The van der Waals surface area contributed by atoms with Crippen LogP contribution in [0.4, 0.5) is 0 Å². The molecule has 0 bridgehead atoms. The number of aromatic nitrogens is 4. The van der Waals surface area contributed by atoms with Crippen LogP contribution in [0.3, 0.4) is 0 Å². The third kappa shape index (κ3) is 5.24. The molecule has 8 aromatic rings. The maximum absolute atomic E-state index is 9.94. The summed E-state index contributed by atoms with van der Waals surface area (Å²) in [7, 11) is 0. The van der Waals surface area contributed by atoms with Crippen molar-refractivity contribution in [3.63, 3.8) is 0 Å². The van der Waals surface area contributed by atoms with Crippen molar-refractivity contribution in [2.45, 2.75) is 6.42 Å². The molecule has 1 aliphatic carbocycles. The van der Waals surface area contributed by atoms with E-state index in [1.54, 1.807) is 0 Å². The Kier molecular flexibility index (Phi) is 7.54. The SMILES string of the molecule is N#Cc1ccccc1-c1ccc2c(c1)c1cc(-c3ccccc3C#N)ccc1n2C1=CCC=C1c1nc(-c2ccccc2)nc(-c2ccccc2)n1. The molecular weight excluding hydrogens is 637 g/mol. The lowest BCUT2D eigenvalue weighted by Crippen LogP contribution is -2.05. The van der Waals surface area contributed by atoms with Gasteiger partial charge in [0.1, 0.15) is 0 Å². The molecule has 2 aromatic heterocycles. The van der Waals surface area contributed by atoms with Gasteiger partial charge in [-0.15, -0.1) is 0 Å². The quantitative estimate of drug-likeness (QED) is 0.176. The van der Waals surface area contributed by atoms with Gasteiger partial charge in [0.2, 0.25) is 0 Å². The number of fused-ring (bicyclic) bond motifs is 3. The zero-order valence-electron chi connectivity index (χ0n) is 27.9. The van der Waals surface area contributed by atoms with E-state index in [4.69, 9.17) is 15.0 Å². The van der Waals surface area contributed by atoms with Gasteiger partial charge in [0, 0.05) is 27.5 Å². The monoisotopic (exact) mass is 664 g/mol. The smallest absolute Gasteiger partial charge is 0.165 e. The van der Waals surface area contributed by atoms with Gasteiger partial charge in [-0.05, 0) is 65.1 Å². The fourth-order valence-corrected chi connectivity index (χ4v) is 7.13. The summed E-state index contributed by atoms with van der Waals surface area (Å²) in [6, 6.07) is 52.9. The van der Waals surface area contributed by atoms with E-state index in [1.807, 2.05) is 109 Å². The number of allylic oxidation sites excluding steroid dienone is 4. The zero-order chi connectivity index (χ0) is 35.0. The fourth-order valence-electron chi connectivity index (χ4n) is 7.13. The summed E-state index contributed by atoms with van der Waals surface area (Å²) in [4.78, 5) is 15.1. The van der Waals surface area contributed by atoms with Crippen LogP contribution in [0.2, 0.25) is 0 Å². The van der Waals surface area contributed by atoms with Crippen molar-refractivity contribution in [1.82, 2.24) is 19.5 Å². The molecule has 0 fully saturated rings. The average Bonchev–Trinajstić information content (AvgIpc) is 3.83. The summed E-state index contributed by atoms with van der Waals surface area (Å²) in [5, 5.41) is 21.9. The van der Waals surface area contributed by atoms with E-state index in [2.05, 4.69) is 65.3 Å². The van der Waals surface area contributed by atoms with E-state index >= 15 is 0 Å². The van der Waals surface area contributed by atoms with Crippen molar-refractivity contribution in [1.29, 1.82) is 10.5 Å². The largest absolute Gasteiger partial charge is 0.309 e. The van der Waals surface area contributed by atoms with Crippen molar-refractivity contribution in [3.8, 4) is 57.2 Å². The van der Waals surface area contributed by atoms with E-state index in [0.29, 0.717) is 28.6 Å². The molecule has 242 valence electrons. The highest BCUT2D eigenvalue weighted by atomic mass is 15.1. The predicted molar refractivity (Wildman–Crippen MR) is 207 cm³/mol. The zero-order valence-corrected chi connectivity index (χ0v) is 27.9. The second kappa shape index (κ2) is 12.8. The molecule has 0 aliphatic heterocycles. The second-order valence-electron chi connectivity index (χ2n) is 12.6. The summed E-state index contributed by atoms with van der Waals surface area (Å²) >= 11 is 0. The first-order chi connectivity index (χ1) is 25.7. The number of hydrogen-bond donors (Lipinski definition) is 0. The molecule has 6 aromatic carbocycles. The minimum absolute atomic E-state index is 0.602. The lowest BCUT2D eigenvalue weighted by Gasteiger charge is -2.15. The molecule has 6 heteroatoms. The summed E-state index contributed by atoms with van der Waals surface area (Å²) in [5.74, 6) is 1.83. The van der Waals surface area contributed by atoms with Crippen molar-refractivity contribution in [2.75, 3.05) is 0 Å². The van der Waals surface area contributed by atoms with Crippen LogP contribution >= 0.6 is 0 Å². The van der Waals surface area contributed by atoms with Crippen molar-refractivity contribution in [3.05, 3.63) is 175 Å². The number of nitrogens with zero attached hydrogens (tertiary/aromatic N) is 6. The Morgan fingerprint density at radius 2 is 0.923 bits per heavy atom. The first kappa shape index (κ1) is 30.6. The van der Waals surface area contributed by atoms with Gasteiger partial charge in [0.15, 0.2) is 17.5 Å². The standard InChI is InChI=1S/C46H28N6/c47-28-34-16-7-9-18-36(34)32-22-24-42-39(26-32)40-27-33(37-19-10-8-17-35(37)29-48)23-25-43(40)52(42)41-21-11-20-38(41)46-50-44(30-12-3-1-4-13-30)49-45(51-46)31-14-5-2-6-15-31/h1-10,12-27H,11H2. The maximum Gasteiger partial charge on any atom is 0.165 e. The summed E-state index contributed by atoms with van der Waals surface area (Å²) in [6.07, 6.45) is 5.13. The van der Waals surface area contributed by atoms with Crippen LogP contribution in [0.25, 0.3) is 78.1 Å². The first-order valence-electron chi connectivity index (χ1n) is 17.1. The van der Waals surface area contributed by atoms with Gasteiger partial charge in [-0.1, -0.05) is 121 Å². The van der Waals surface area contributed by atoms with Crippen molar-refractivity contribution < 1.29 is 0 Å². The molecule has 6 nitrogen and oxygen atoms in total. The van der Waals surface area contributed by atoms with Gasteiger partial charge in [-0.2, -0.15) is 10.5 Å². The van der Waals surface area contributed by atoms with Gasteiger partial charge < -0.3 is 4.57 Å². The molecule has 52 heavy (non-hydrogen) atoms. The van der Waals surface area contributed by atoms with Crippen LogP contribution in [-0.2, 0) is 0 Å². The van der Waals surface area contributed by atoms with Gasteiger partial charge in [0.05, 0.1) is 40.0 Å². The lowest BCUT2D eigenvalue weighted by molar-refractivity contribution is 1.03. The third-order valence-corrected chi connectivity index (χ3v) is 9.57. The lowest BCUT2D eigenvalue weighted by atomic mass is 9.96. The molecule has 0 spiro atoms. The Morgan fingerprint density at radius 3 is 1.42 bits per heavy atom. The predicted octanol–water partition coefficient (Wildman–Crippen LogP) is 10.7. The fraction of sp³-hybridized carbons (Fsp3) is 0.0217. The Balaban J connectivity index is 1.26. The third-order valence-electron chi connectivity index (χ3n) is 9.57. The second-order valence-corrected chi connectivity index (χ2v) is 12.6. The van der Waals surface area contributed by atoms with Crippen LogP contribution in [0.1, 0.15) is 23.4 Å². The maximum atomic E-state index is 9.94. The highest BCUT2D eigenvalue weighted by Gasteiger charge is 2.24. The summed E-state index contributed by atoms with van der Waals surface area (Å²) in [5.41, 5.74) is 10.7. The molecule has 0 unspecified atom stereocenters. The minimum atomic E-state index is 0.602. The average molecular weight is 665 g/mol. The highest BCUT2D eigenvalue weighted by molar-refractivity contribution is 6.16. The van der Waals surface area contributed by atoms with E-state index in [1.165, 1.54) is 0 Å². The number of hydrogen-bond acceptors (Lipinski definition) is 5. The summed E-state index contributed by atoms with van der Waals surface area (Å²) < 4.78 is 2.29. The van der Waals surface area contributed by atoms with Crippen molar-refractivity contribution in [2.24, 2.45) is 0 Å². The highest BCUT2D eigenvalue weighted by Crippen LogP contribution is 2.42. The van der Waals surface area contributed by atoms with E-state index in [-0.39, 0.29) is 0 Å². The van der Waals surface area contributed by atoms with Gasteiger partial charge in [-0.3, -0.25) is 0 Å². The Morgan fingerprint density at radius 1 is 0.462 bits per heavy atom. The molecule has 0 atom stereocenters. The Bertz CT molecular complexity index is 2660. The first-order valence-corrected chi connectivity index (χ1v) is 17.1. The molecule has 1 aliphatic rings. The molecular formula is C46H28N6. The van der Waals surface area contributed by atoms with Gasteiger partial charge >= 0.3 is 0 Å².